The van der Waals surface area contributed by atoms with Gasteiger partial charge in [-0.3, -0.25) is 9.69 Å². The molecule has 9 heteroatoms. The normalized spacial score (nSPS) is 19.5. The number of H-pyrrole nitrogens is 2. The number of rotatable bonds is 3. The second-order valence-electron chi connectivity index (χ2n) is 6.00. The molecule has 1 saturated heterocycles. The van der Waals surface area contributed by atoms with Crippen LogP contribution in [0.1, 0.15) is 12.8 Å². The number of carbonyl (C=O) groups is 1. The van der Waals surface area contributed by atoms with E-state index in [1.54, 1.807) is 18.2 Å². The van der Waals surface area contributed by atoms with Gasteiger partial charge in [0.1, 0.15) is 0 Å². The number of halogens is 3. The summed E-state index contributed by atoms with van der Waals surface area (Å²) >= 11 is 0. The summed E-state index contributed by atoms with van der Waals surface area (Å²) in [6.45, 7) is 0.236. The maximum absolute atomic E-state index is 12.8. The van der Waals surface area contributed by atoms with Crippen molar-refractivity contribution < 1.29 is 18.0 Å². The number of imidazole rings is 1. The van der Waals surface area contributed by atoms with Crippen molar-refractivity contribution in [1.29, 1.82) is 0 Å². The molecule has 0 radical (unpaired) electrons. The van der Waals surface area contributed by atoms with E-state index in [9.17, 15) is 22.8 Å². The van der Waals surface area contributed by atoms with Gasteiger partial charge in [-0.25, -0.2) is 4.79 Å². The molecule has 1 aliphatic heterocycles. The summed E-state index contributed by atoms with van der Waals surface area (Å²) in [4.78, 5) is 29.9. The Morgan fingerprint density at radius 1 is 1.29 bits per heavy atom. The molecule has 1 aromatic heterocycles. The Kier molecular flexibility index (Phi) is 4.35. The molecule has 2 aromatic rings. The fraction of sp³-hybridized carbons (Fsp3) is 0.467. The minimum absolute atomic E-state index is 0.0890. The van der Waals surface area contributed by atoms with E-state index in [1.807, 2.05) is 0 Å². The van der Waals surface area contributed by atoms with Crippen molar-refractivity contribution in [3.05, 3.63) is 28.7 Å². The second-order valence-corrected chi connectivity index (χ2v) is 6.00. The van der Waals surface area contributed by atoms with Crippen LogP contribution in [0.25, 0.3) is 11.0 Å². The van der Waals surface area contributed by atoms with Crippen LogP contribution in [-0.2, 0) is 4.79 Å². The molecule has 1 atom stereocenters. The number of fused-ring (bicyclic) bond motifs is 1. The Labute approximate surface area is 135 Å². The number of anilines is 1. The predicted molar refractivity (Wildman–Crippen MR) is 82.8 cm³/mol. The minimum Gasteiger partial charge on any atom is -0.325 e. The number of hydrogen-bond donors (Lipinski definition) is 3. The van der Waals surface area contributed by atoms with E-state index < -0.39 is 12.1 Å². The Hall–Kier alpha value is -2.29. The van der Waals surface area contributed by atoms with Crippen molar-refractivity contribution >= 4 is 22.6 Å². The molecule has 24 heavy (non-hydrogen) atoms. The number of hydrogen-bond acceptors (Lipinski definition) is 3. The van der Waals surface area contributed by atoms with Crippen molar-refractivity contribution in [3.63, 3.8) is 0 Å². The molecule has 6 nitrogen and oxygen atoms in total. The molecule has 1 amide bonds. The van der Waals surface area contributed by atoms with E-state index in [2.05, 4.69) is 15.3 Å². The highest BCUT2D eigenvalue weighted by molar-refractivity contribution is 5.94. The van der Waals surface area contributed by atoms with Crippen LogP contribution in [0, 0.1) is 5.92 Å². The third kappa shape index (κ3) is 3.78. The highest BCUT2D eigenvalue weighted by Crippen LogP contribution is 2.32. The van der Waals surface area contributed by atoms with Crippen molar-refractivity contribution in [2.75, 3.05) is 25.0 Å². The van der Waals surface area contributed by atoms with E-state index in [4.69, 9.17) is 0 Å². The fourth-order valence-corrected chi connectivity index (χ4v) is 2.98. The van der Waals surface area contributed by atoms with Crippen LogP contribution in [0.4, 0.5) is 18.9 Å². The first-order valence-electron chi connectivity index (χ1n) is 7.62. The molecular weight excluding hydrogens is 325 g/mol. The lowest BCUT2D eigenvalue weighted by Crippen LogP contribution is -2.44. The Balaban J connectivity index is 1.61. The zero-order chi connectivity index (χ0) is 17.3. The topological polar surface area (TPSA) is 81.0 Å². The molecule has 0 unspecified atom stereocenters. The highest BCUT2D eigenvalue weighted by atomic mass is 19.4. The number of aromatic nitrogens is 2. The third-order valence-electron chi connectivity index (χ3n) is 4.14. The van der Waals surface area contributed by atoms with E-state index in [0.29, 0.717) is 29.7 Å². The van der Waals surface area contributed by atoms with E-state index in [1.165, 1.54) is 4.90 Å². The number of amides is 1. The smallest absolute Gasteiger partial charge is 0.325 e. The maximum atomic E-state index is 12.8. The molecule has 2 heterocycles. The summed E-state index contributed by atoms with van der Waals surface area (Å²) in [6.07, 6.45) is -3.69. The van der Waals surface area contributed by atoms with Crippen molar-refractivity contribution in [3.8, 4) is 0 Å². The zero-order valence-electron chi connectivity index (χ0n) is 12.7. The van der Waals surface area contributed by atoms with Crippen LogP contribution in [-0.4, -0.2) is 46.6 Å². The Morgan fingerprint density at radius 3 is 2.79 bits per heavy atom. The molecule has 3 N–H and O–H groups in total. The molecule has 1 aromatic carbocycles. The van der Waals surface area contributed by atoms with Gasteiger partial charge in [-0.15, -0.1) is 0 Å². The summed E-state index contributed by atoms with van der Waals surface area (Å²) in [7, 11) is 0. The van der Waals surface area contributed by atoms with Crippen LogP contribution in [0.3, 0.4) is 0 Å². The van der Waals surface area contributed by atoms with E-state index >= 15 is 0 Å². The number of nitrogens with zero attached hydrogens (tertiary/aromatic N) is 1. The summed E-state index contributed by atoms with van der Waals surface area (Å²) in [5, 5.41) is 2.65. The molecule has 0 saturated carbocycles. The standard InChI is InChI=1S/C15H17F3N4O2/c16-15(17,18)9-2-1-5-22(7-9)8-13(23)19-10-3-4-11-12(6-10)21-14(24)20-11/h3-4,6,9H,1-2,5,7-8H2,(H,19,23)(H2,20,21,24)/t9-/m1/s1. The van der Waals surface area contributed by atoms with Crippen molar-refractivity contribution in [2.24, 2.45) is 5.92 Å². The van der Waals surface area contributed by atoms with Gasteiger partial charge in [-0.05, 0) is 37.6 Å². The Bertz CT molecular complexity index is 796. The summed E-state index contributed by atoms with van der Waals surface area (Å²) < 4.78 is 38.4. The van der Waals surface area contributed by atoms with Crippen LogP contribution in [0.5, 0.6) is 0 Å². The molecule has 0 bridgehead atoms. The molecule has 3 rings (SSSR count). The van der Waals surface area contributed by atoms with Gasteiger partial charge >= 0.3 is 11.9 Å². The first-order chi connectivity index (χ1) is 11.3. The molecular formula is C15H17F3N4O2. The average molecular weight is 342 g/mol. The van der Waals surface area contributed by atoms with Gasteiger partial charge in [0.15, 0.2) is 0 Å². The van der Waals surface area contributed by atoms with Gasteiger partial charge < -0.3 is 15.3 Å². The lowest BCUT2D eigenvalue weighted by atomic mass is 9.97. The van der Waals surface area contributed by atoms with Gasteiger partial charge in [0, 0.05) is 12.2 Å². The van der Waals surface area contributed by atoms with Crippen LogP contribution < -0.4 is 11.0 Å². The van der Waals surface area contributed by atoms with Crippen molar-refractivity contribution in [2.45, 2.75) is 19.0 Å². The lowest BCUT2D eigenvalue weighted by Gasteiger charge is -2.33. The van der Waals surface area contributed by atoms with Gasteiger partial charge in [-0.1, -0.05) is 0 Å². The molecule has 0 spiro atoms. The average Bonchev–Trinajstić information content (AvgIpc) is 2.86. The SMILES string of the molecule is O=C(CN1CCC[C@@H](C(F)(F)F)C1)Nc1ccc2[nH]c(=O)[nH]c2c1. The molecule has 130 valence electrons. The number of carbonyl (C=O) groups excluding carboxylic acids is 1. The maximum Gasteiger partial charge on any atom is 0.393 e. The monoisotopic (exact) mass is 342 g/mol. The van der Waals surface area contributed by atoms with Gasteiger partial charge in [0.25, 0.3) is 0 Å². The zero-order valence-corrected chi connectivity index (χ0v) is 12.7. The van der Waals surface area contributed by atoms with Crippen LogP contribution in [0.15, 0.2) is 23.0 Å². The number of nitrogens with one attached hydrogen (secondary N) is 3. The number of piperidine rings is 1. The molecule has 1 fully saturated rings. The summed E-state index contributed by atoms with van der Waals surface area (Å²) in [5.41, 5.74) is 1.29. The summed E-state index contributed by atoms with van der Waals surface area (Å²) in [6, 6.07) is 4.86. The van der Waals surface area contributed by atoms with Gasteiger partial charge in [-0.2, -0.15) is 13.2 Å². The second kappa shape index (κ2) is 6.31. The largest absolute Gasteiger partial charge is 0.393 e. The number of likely N-dealkylation sites (tertiary alicyclic amines) is 1. The quantitative estimate of drug-likeness (QED) is 0.799. The molecule has 1 aliphatic rings. The van der Waals surface area contributed by atoms with Crippen LogP contribution in [0.2, 0.25) is 0 Å². The predicted octanol–water partition coefficient (Wildman–Crippen LogP) is 2.07. The third-order valence-corrected chi connectivity index (χ3v) is 4.14. The van der Waals surface area contributed by atoms with E-state index in [-0.39, 0.29) is 31.1 Å². The summed E-state index contributed by atoms with van der Waals surface area (Å²) in [5.74, 6) is -1.75. The number of aromatic amines is 2. The van der Waals surface area contributed by atoms with Crippen LogP contribution >= 0.6 is 0 Å². The molecule has 0 aliphatic carbocycles. The van der Waals surface area contributed by atoms with Crippen molar-refractivity contribution in [1.82, 2.24) is 14.9 Å². The van der Waals surface area contributed by atoms with Gasteiger partial charge in [0.05, 0.1) is 23.5 Å². The number of benzene rings is 1. The highest BCUT2D eigenvalue weighted by Gasteiger charge is 2.41. The first kappa shape index (κ1) is 16.6. The fourth-order valence-electron chi connectivity index (χ4n) is 2.98. The first-order valence-corrected chi connectivity index (χ1v) is 7.62. The lowest BCUT2D eigenvalue weighted by molar-refractivity contribution is -0.186. The Morgan fingerprint density at radius 2 is 2.04 bits per heavy atom. The number of alkyl halides is 3. The minimum atomic E-state index is -4.22. The van der Waals surface area contributed by atoms with E-state index in [0.717, 1.165) is 0 Å². The van der Waals surface area contributed by atoms with Gasteiger partial charge in [0.2, 0.25) is 5.91 Å².